The lowest BCUT2D eigenvalue weighted by Gasteiger charge is -2.18. The van der Waals surface area contributed by atoms with E-state index in [-0.39, 0.29) is 0 Å². The van der Waals surface area contributed by atoms with Gasteiger partial charge in [0.05, 0.1) is 0 Å². The highest BCUT2D eigenvalue weighted by Gasteiger charge is 2.06. The zero-order valence-corrected chi connectivity index (χ0v) is 12.3. The number of allylic oxidation sites excluding steroid dienone is 1. The normalized spacial score (nSPS) is 19.3. The van der Waals surface area contributed by atoms with E-state index in [1.165, 1.54) is 19.4 Å². The molecule has 0 N–H and O–H groups in total. The number of hydrogen-bond acceptors (Lipinski definition) is 1. The van der Waals surface area contributed by atoms with E-state index in [0.29, 0.717) is 6.04 Å². The molecule has 0 aromatic carbocycles. The Morgan fingerprint density at radius 2 is 1.47 bits per heavy atom. The molecule has 1 aliphatic heterocycles. The topological polar surface area (TPSA) is 3.24 Å². The van der Waals surface area contributed by atoms with E-state index in [0.717, 1.165) is 0 Å². The van der Waals surface area contributed by atoms with Crippen LogP contribution in [0.1, 0.15) is 61.3 Å². The lowest BCUT2D eigenvalue weighted by atomic mass is 10.3. The summed E-state index contributed by atoms with van der Waals surface area (Å²) in [5.41, 5.74) is 0. The van der Waals surface area contributed by atoms with Crippen LogP contribution in [0, 0.1) is 0 Å². The predicted molar refractivity (Wildman–Crippen MR) is 74.5 cm³/mol. The van der Waals surface area contributed by atoms with Crippen molar-refractivity contribution in [1.29, 1.82) is 0 Å². The summed E-state index contributed by atoms with van der Waals surface area (Å²) in [5, 5.41) is 0. The molecule has 1 unspecified atom stereocenters. The van der Waals surface area contributed by atoms with Crippen LogP contribution in [0.2, 0.25) is 0 Å². The highest BCUT2D eigenvalue weighted by molar-refractivity contribution is 4.93. The molecule has 0 saturated carbocycles. The molecule has 0 radical (unpaired) electrons. The fraction of sp³-hybridized carbons (Fsp3) is 0.857. The quantitative estimate of drug-likeness (QED) is 0.528. The van der Waals surface area contributed by atoms with Gasteiger partial charge in [0.2, 0.25) is 0 Å². The van der Waals surface area contributed by atoms with Crippen molar-refractivity contribution in [3.63, 3.8) is 0 Å². The van der Waals surface area contributed by atoms with Gasteiger partial charge in [0.15, 0.2) is 0 Å². The van der Waals surface area contributed by atoms with Crippen molar-refractivity contribution in [2.45, 2.75) is 67.3 Å². The fourth-order valence-corrected chi connectivity index (χ4v) is 1.10. The van der Waals surface area contributed by atoms with Crippen LogP contribution in [0.4, 0.5) is 0 Å². The van der Waals surface area contributed by atoms with Gasteiger partial charge in [0, 0.05) is 6.04 Å². The minimum atomic E-state index is 0.646. The summed E-state index contributed by atoms with van der Waals surface area (Å²) >= 11 is 0. The highest BCUT2D eigenvalue weighted by atomic mass is 15.1. The Hall–Kier alpha value is -0.300. The molecule has 0 bridgehead atoms. The van der Waals surface area contributed by atoms with E-state index in [4.69, 9.17) is 0 Å². The molecule has 0 amide bonds. The molecular formula is C14H33N. The molecule has 0 aromatic rings. The predicted octanol–water partition coefficient (Wildman–Crippen LogP) is 4.74. The summed E-state index contributed by atoms with van der Waals surface area (Å²) in [6.45, 7) is 15.5. The van der Waals surface area contributed by atoms with Crippen LogP contribution in [0.15, 0.2) is 12.2 Å². The van der Waals surface area contributed by atoms with Gasteiger partial charge < -0.3 is 4.90 Å². The van der Waals surface area contributed by atoms with Crippen molar-refractivity contribution >= 4 is 0 Å². The van der Waals surface area contributed by atoms with E-state index in [9.17, 15) is 0 Å². The molecule has 0 aromatic heterocycles. The van der Waals surface area contributed by atoms with Gasteiger partial charge in [-0.3, -0.25) is 0 Å². The average molecular weight is 215 g/mol. The molecule has 1 heterocycles. The van der Waals surface area contributed by atoms with Gasteiger partial charge in [-0.2, -0.15) is 0 Å². The Bertz CT molecular complexity index is 108. The van der Waals surface area contributed by atoms with E-state index in [1.807, 2.05) is 41.5 Å². The summed E-state index contributed by atoms with van der Waals surface area (Å²) < 4.78 is 0. The van der Waals surface area contributed by atoms with Crippen molar-refractivity contribution in [2.75, 3.05) is 13.6 Å². The van der Waals surface area contributed by atoms with Gasteiger partial charge in [-0.1, -0.05) is 53.7 Å². The number of nitrogens with zero attached hydrogens (tertiary/aromatic N) is 1. The average Bonchev–Trinajstić information content (AvgIpc) is 2.53. The number of likely N-dealkylation sites (N-methyl/N-ethyl adjacent to an activating group) is 1. The van der Waals surface area contributed by atoms with Gasteiger partial charge in [-0.25, -0.2) is 0 Å². The van der Waals surface area contributed by atoms with Crippen LogP contribution in [-0.4, -0.2) is 24.5 Å². The van der Waals surface area contributed by atoms with E-state index >= 15 is 0 Å². The zero-order valence-electron chi connectivity index (χ0n) is 12.3. The second kappa shape index (κ2) is 19.3. The highest BCUT2D eigenvalue weighted by Crippen LogP contribution is 2.06. The molecule has 1 atom stereocenters. The second-order valence-electron chi connectivity index (χ2n) is 2.79. The summed E-state index contributed by atoms with van der Waals surface area (Å²) in [5.74, 6) is 0. The summed E-state index contributed by atoms with van der Waals surface area (Å²) in [6.07, 6.45) is 7.15. The second-order valence-corrected chi connectivity index (χ2v) is 2.79. The smallest absolute Gasteiger partial charge is 0.0246 e. The first-order chi connectivity index (χ1) is 7.30. The van der Waals surface area contributed by atoms with Crippen molar-refractivity contribution in [3.05, 3.63) is 12.2 Å². The summed E-state index contributed by atoms with van der Waals surface area (Å²) in [7, 11) is 2.18. The molecule has 1 heteroatoms. The Morgan fingerprint density at radius 3 is 1.93 bits per heavy atom. The van der Waals surface area contributed by atoms with Crippen LogP contribution in [-0.2, 0) is 0 Å². The van der Waals surface area contributed by atoms with Gasteiger partial charge in [0.1, 0.15) is 0 Å². The first-order valence-electron chi connectivity index (χ1n) is 6.67. The maximum Gasteiger partial charge on any atom is 0.0246 e. The Kier molecular flexibility index (Phi) is 25.9. The Morgan fingerprint density at radius 1 is 1.00 bits per heavy atom. The monoisotopic (exact) mass is 215 g/mol. The Balaban J connectivity index is -0.000000208. The molecular weight excluding hydrogens is 182 g/mol. The van der Waals surface area contributed by atoms with Crippen LogP contribution < -0.4 is 0 Å². The van der Waals surface area contributed by atoms with Crippen LogP contribution in [0.25, 0.3) is 0 Å². The molecule has 0 aliphatic carbocycles. The van der Waals surface area contributed by atoms with Gasteiger partial charge in [0.25, 0.3) is 0 Å². The minimum Gasteiger partial charge on any atom is -0.300 e. The lowest BCUT2D eigenvalue weighted by molar-refractivity contribution is 0.301. The first kappa shape index (κ1) is 20.2. The molecule has 0 saturated heterocycles. The largest absolute Gasteiger partial charge is 0.300 e. The van der Waals surface area contributed by atoms with Gasteiger partial charge >= 0.3 is 0 Å². The van der Waals surface area contributed by atoms with Crippen LogP contribution >= 0.6 is 0 Å². The molecule has 1 aliphatic rings. The van der Waals surface area contributed by atoms with Crippen LogP contribution in [0.3, 0.4) is 0 Å². The van der Waals surface area contributed by atoms with Crippen molar-refractivity contribution in [3.8, 4) is 0 Å². The third-order valence-electron chi connectivity index (χ3n) is 1.99. The Labute approximate surface area is 98.6 Å². The van der Waals surface area contributed by atoms with E-state index < -0.39 is 0 Å². The molecule has 0 fully saturated rings. The minimum absolute atomic E-state index is 0.646. The van der Waals surface area contributed by atoms with Crippen LogP contribution in [0.5, 0.6) is 0 Å². The zero-order chi connectivity index (χ0) is 12.7. The summed E-state index contributed by atoms with van der Waals surface area (Å²) in [6, 6.07) is 0.646. The maximum absolute atomic E-state index is 2.38. The number of hydrogen-bond donors (Lipinski definition) is 0. The fourth-order valence-electron chi connectivity index (χ4n) is 1.10. The summed E-state index contributed by atoms with van der Waals surface area (Å²) in [4.78, 5) is 2.38. The lowest BCUT2D eigenvalue weighted by Crippen LogP contribution is -2.26. The van der Waals surface area contributed by atoms with Gasteiger partial charge in [-0.15, -0.1) is 0 Å². The first-order valence-corrected chi connectivity index (χ1v) is 6.67. The maximum atomic E-state index is 2.38. The van der Waals surface area contributed by atoms with Crippen molar-refractivity contribution < 1.29 is 0 Å². The molecule has 0 spiro atoms. The third kappa shape index (κ3) is 13.7. The number of rotatable bonds is 0. The van der Waals surface area contributed by atoms with Crippen molar-refractivity contribution in [1.82, 2.24) is 4.90 Å². The SMILES string of the molecule is CC.CC.CC.CC1C=CCCCN1C. The molecule has 1 nitrogen and oxygen atoms in total. The standard InChI is InChI=1S/C8H15N.3C2H6/c1-8-6-4-3-5-7-9(8)2;3*1-2/h4,6,8H,3,5,7H2,1-2H3;3*1-2H3. The van der Waals surface area contributed by atoms with Crippen molar-refractivity contribution in [2.24, 2.45) is 0 Å². The van der Waals surface area contributed by atoms with E-state index in [2.05, 4.69) is 31.0 Å². The van der Waals surface area contributed by atoms with E-state index in [1.54, 1.807) is 0 Å². The molecule has 94 valence electrons. The molecule has 15 heavy (non-hydrogen) atoms. The molecule has 1 rings (SSSR count). The van der Waals surface area contributed by atoms with Gasteiger partial charge in [-0.05, 0) is 33.4 Å². The third-order valence-corrected chi connectivity index (χ3v) is 1.99.